The SMILES string of the molecule is OC1OCCC(c2ccccc2)O1. The van der Waals surface area contributed by atoms with E-state index in [0.717, 1.165) is 12.0 Å². The second kappa shape index (κ2) is 3.87. The summed E-state index contributed by atoms with van der Waals surface area (Å²) >= 11 is 0. The van der Waals surface area contributed by atoms with Crippen molar-refractivity contribution in [3.05, 3.63) is 35.9 Å². The number of rotatable bonds is 1. The Morgan fingerprint density at radius 2 is 2.00 bits per heavy atom. The molecule has 3 heteroatoms. The first kappa shape index (κ1) is 8.69. The second-order valence-electron chi connectivity index (χ2n) is 3.00. The fourth-order valence-corrected chi connectivity index (χ4v) is 1.44. The van der Waals surface area contributed by atoms with Crippen LogP contribution in [0, 0.1) is 0 Å². The molecule has 1 fully saturated rings. The smallest absolute Gasteiger partial charge is 0.269 e. The van der Waals surface area contributed by atoms with Crippen LogP contribution in [0.25, 0.3) is 0 Å². The summed E-state index contributed by atoms with van der Waals surface area (Å²) in [5.74, 6) is 0. The summed E-state index contributed by atoms with van der Waals surface area (Å²) < 4.78 is 10.1. The predicted molar refractivity (Wildman–Crippen MR) is 46.8 cm³/mol. The van der Waals surface area contributed by atoms with Crippen molar-refractivity contribution in [2.75, 3.05) is 6.61 Å². The minimum Gasteiger partial charge on any atom is -0.346 e. The molecule has 0 bridgehead atoms. The van der Waals surface area contributed by atoms with E-state index in [-0.39, 0.29) is 6.10 Å². The molecular formula is C10H12O3. The molecule has 13 heavy (non-hydrogen) atoms. The van der Waals surface area contributed by atoms with E-state index in [4.69, 9.17) is 14.6 Å². The number of hydrogen-bond donors (Lipinski definition) is 1. The summed E-state index contributed by atoms with van der Waals surface area (Å²) in [6, 6.07) is 9.85. The maximum absolute atomic E-state index is 9.10. The highest BCUT2D eigenvalue weighted by atomic mass is 16.8. The van der Waals surface area contributed by atoms with Crippen molar-refractivity contribution in [1.29, 1.82) is 0 Å². The van der Waals surface area contributed by atoms with Gasteiger partial charge in [-0.05, 0) is 5.56 Å². The number of hydrogen-bond acceptors (Lipinski definition) is 3. The second-order valence-corrected chi connectivity index (χ2v) is 3.00. The van der Waals surface area contributed by atoms with Crippen LogP contribution in [-0.4, -0.2) is 18.2 Å². The third-order valence-corrected chi connectivity index (χ3v) is 2.09. The Morgan fingerprint density at radius 1 is 1.23 bits per heavy atom. The van der Waals surface area contributed by atoms with Crippen molar-refractivity contribution in [2.24, 2.45) is 0 Å². The summed E-state index contributed by atoms with van der Waals surface area (Å²) in [4.78, 5) is 0. The Morgan fingerprint density at radius 3 is 2.69 bits per heavy atom. The van der Waals surface area contributed by atoms with Crippen LogP contribution in [0.4, 0.5) is 0 Å². The van der Waals surface area contributed by atoms with Gasteiger partial charge in [0.1, 0.15) is 0 Å². The van der Waals surface area contributed by atoms with Gasteiger partial charge in [-0.1, -0.05) is 30.3 Å². The molecule has 2 atom stereocenters. The molecule has 0 radical (unpaired) electrons. The summed E-state index contributed by atoms with van der Waals surface area (Å²) in [6.45, 7) is -0.528. The molecule has 0 amide bonds. The number of ether oxygens (including phenoxy) is 2. The lowest BCUT2D eigenvalue weighted by molar-refractivity contribution is -0.313. The molecule has 1 saturated heterocycles. The van der Waals surface area contributed by atoms with E-state index in [1.165, 1.54) is 0 Å². The monoisotopic (exact) mass is 180 g/mol. The summed E-state index contributed by atoms with van der Waals surface area (Å²) in [6.07, 6.45) is 0.756. The Kier molecular flexibility index (Phi) is 2.59. The van der Waals surface area contributed by atoms with E-state index < -0.39 is 6.48 Å². The minimum atomic E-state index is -1.07. The van der Waals surface area contributed by atoms with E-state index in [2.05, 4.69) is 0 Å². The number of aliphatic hydroxyl groups is 1. The molecule has 70 valence electrons. The Labute approximate surface area is 76.9 Å². The van der Waals surface area contributed by atoms with Crippen LogP contribution >= 0.6 is 0 Å². The van der Waals surface area contributed by atoms with Gasteiger partial charge in [0.2, 0.25) is 0 Å². The van der Waals surface area contributed by atoms with Crippen LogP contribution in [0.3, 0.4) is 0 Å². The van der Waals surface area contributed by atoms with Crippen LogP contribution in [0.5, 0.6) is 0 Å². The maximum atomic E-state index is 9.10. The van der Waals surface area contributed by atoms with Crippen molar-refractivity contribution in [3.8, 4) is 0 Å². The standard InChI is InChI=1S/C10H12O3/c11-10-12-7-6-9(13-10)8-4-2-1-3-5-8/h1-5,9-11H,6-7H2. The van der Waals surface area contributed by atoms with Gasteiger partial charge in [0.05, 0.1) is 12.7 Å². The molecule has 0 aromatic heterocycles. The van der Waals surface area contributed by atoms with Gasteiger partial charge >= 0.3 is 0 Å². The molecule has 3 nitrogen and oxygen atoms in total. The molecule has 2 rings (SSSR count). The van der Waals surface area contributed by atoms with Crippen LogP contribution in [0.2, 0.25) is 0 Å². The topological polar surface area (TPSA) is 38.7 Å². The molecular weight excluding hydrogens is 168 g/mol. The molecule has 1 aliphatic rings. The summed E-state index contributed by atoms with van der Waals surface area (Å²) in [5.41, 5.74) is 1.09. The quantitative estimate of drug-likeness (QED) is 0.710. The lowest BCUT2D eigenvalue weighted by atomic mass is 10.1. The highest BCUT2D eigenvalue weighted by Crippen LogP contribution is 2.25. The van der Waals surface area contributed by atoms with Gasteiger partial charge in [-0.15, -0.1) is 0 Å². The zero-order valence-electron chi connectivity index (χ0n) is 7.22. The average Bonchev–Trinajstić information content (AvgIpc) is 2.19. The van der Waals surface area contributed by atoms with Crippen molar-refractivity contribution in [3.63, 3.8) is 0 Å². The minimum absolute atomic E-state index is 0.0371. The highest BCUT2D eigenvalue weighted by Gasteiger charge is 2.21. The lowest BCUT2D eigenvalue weighted by Crippen LogP contribution is -2.26. The van der Waals surface area contributed by atoms with Gasteiger partial charge in [-0.3, -0.25) is 0 Å². The molecule has 1 heterocycles. The number of aliphatic hydroxyl groups excluding tert-OH is 1. The van der Waals surface area contributed by atoms with Crippen LogP contribution in [-0.2, 0) is 9.47 Å². The van der Waals surface area contributed by atoms with E-state index in [0.29, 0.717) is 6.61 Å². The Hall–Kier alpha value is -0.900. The molecule has 2 unspecified atom stereocenters. The van der Waals surface area contributed by atoms with Crippen LogP contribution < -0.4 is 0 Å². The molecule has 1 aromatic rings. The zero-order valence-corrected chi connectivity index (χ0v) is 7.22. The molecule has 1 aliphatic heterocycles. The predicted octanol–water partition coefficient (Wildman–Crippen LogP) is 1.44. The Balaban J connectivity index is 2.08. The summed E-state index contributed by atoms with van der Waals surface area (Å²) in [7, 11) is 0. The van der Waals surface area contributed by atoms with Crippen LogP contribution in [0.1, 0.15) is 18.1 Å². The van der Waals surface area contributed by atoms with Gasteiger partial charge < -0.3 is 14.6 Å². The highest BCUT2D eigenvalue weighted by molar-refractivity contribution is 5.17. The van der Waals surface area contributed by atoms with E-state index in [1.807, 2.05) is 30.3 Å². The number of benzene rings is 1. The third-order valence-electron chi connectivity index (χ3n) is 2.09. The van der Waals surface area contributed by atoms with Gasteiger partial charge in [-0.25, -0.2) is 0 Å². The first-order valence-corrected chi connectivity index (χ1v) is 4.36. The van der Waals surface area contributed by atoms with Gasteiger partial charge in [0.25, 0.3) is 6.48 Å². The normalized spacial score (nSPS) is 28.7. The zero-order chi connectivity index (χ0) is 9.10. The molecule has 1 aromatic carbocycles. The first-order chi connectivity index (χ1) is 6.36. The van der Waals surface area contributed by atoms with Crippen molar-refractivity contribution >= 4 is 0 Å². The van der Waals surface area contributed by atoms with E-state index >= 15 is 0 Å². The first-order valence-electron chi connectivity index (χ1n) is 4.36. The third kappa shape index (κ3) is 2.06. The fourth-order valence-electron chi connectivity index (χ4n) is 1.44. The van der Waals surface area contributed by atoms with Crippen molar-refractivity contribution < 1.29 is 14.6 Å². The van der Waals surface area contributed by atoms with Crippen molar-refractivity contribution in [2.45, 2.75) is 19.0 Å². The summed E-state index contributed by atoms with van der Waals surface area (Å²) in [5, 5.41) is 9.10. The van der Waals surface area contributed by atoms with Gasteiger partial charge in [0.15, 0.2) is 0 Å². The average molecular weight is 180 g/mol. The van der Waals surface area contributed by atoms with Crippen LogP contribution in [0.15, 0.2) is 30.3 Å². The lowest BCUT2D eigenvalue weighted by Gasteiger charge is -2.26. The van der Waals surface area contributed by atoms with E-state index in [1.54, 1.807) is 0 Å². The molecule has 0 aliphatic carbocycles. The fraction of sp³-hybridized carbons (Fsp3) is 0.400. The largest absolute Gasteiger partial charge is 0.346 e. The molecule has 0 spiro atoms. The Bertz CT molecular complexity index is 260. The van der Waals surface area contributed by atoms with Crippen molar-refractivity contribution in [1.82, 2.24) is 0 Å². The maximum Gasteiger partial charge on any atom is 0.269 e. The molecule has 1 N–H and O–H groups in total. The van der Waals surface area contributed by atoms with Gasteiger partial charge in [-0.2, -0.15) is 0 Å². The van der Waals surface area contributed by atoms with Gasteiger partial charge in [0, 0.05) is 6.42 Å². The molecule has 0 saturated carbocycles. The van der Waals surface area contributed by atoms with E-state index in [9.17, 15) is 0 Å².